The van der Waals surface area contributed by atoms with Crippen LogP contribution in [-0.2, 0) is 4.74 Å². The van der Waals surface area contributed by atoms with Crippen LogP contribution in [0.1, 0.15) is 24.3 Å². The van der Waals surface area contributed by atoms with Gasteiger partial charge in [-0.1, -0.05) is 0 Å². The summed E-state index contributed by atoms with van der Waals surface area (Å²) in [6, 6.07) is 1.36. The standard InChI is InChI=1S/C10H14N2O4/c1-3-15-6-7(2)16-10-11-5-4-8(12-10)9(13)14/h4-5,7H,3,6H2,1-2H3,(H,13,14). The summed E-state index contributed by atoms with van der Waals surface area (Å²) in [6.45, 7) is 4.70. The Morgan fingerprint density at radius 1 is 1.62 bits per heavy atom. The number of aromatic carboxylic acids is 1. The first-order valence-corrected chi connectivity index (χ1v) is 4.94. The zero-order chi connectivity index (χ0) is 12.0. The monoisotopic (exact) mass is 226 g/mol. The molecule has 16 heavy (non-hydrogen) atoms. The van der Waals surface area contributed by atoms with Crippen molar-refractivity contribution in [1.29, 1.82) is 0 Å². The minimum Gasteiger partial charge on any atom is -0.477 e. The van der Waals surface area contributed by atoms with Crippen molar-refractivity contribution in [3.05, 3.63) is 18.0 Å². The summed E-state index contributed by atoms with van der Waals surface area (Å²) in [5.74, 6) is -1.11. The van der Waals surface area contributed by atoms with Crippen molar-refractivity contribution in [3.8, 4) is 6.01 Å². The predicted molar refractivity (Wildman–Crippen MR) is 55.6 cm³/mol. The first-order valence-electron chi connectivity index (χ1n) is 4.94. The summed E-state index contributed by atoms with van der Waals surface area (Å²) >= 11 is 0. The maximum Gasteiger partial charge on any atom is 0.354 e. The van der Waals surface area contributed by atoms with Gasteiger partial charge in [0.15, 0.2) is 5.69 Å². The molecule has 6 heteroatoms. The van der Waals surface area contributed by atoms with Gasteiger partial charge in [0.05, 0.1) is 6.61 Å². The molecule has 0 saturated carbocycles. The lowest BCUT2D eigenvalue weighted by Gasteiger charge is -2.12. The number of rotatable bonds is 6. The maximum atomic E-state index is 10.6. The molecular formula is C10H14N2O4. The molecule has 6 nitrogen and oxygen atoms in total. The molecule has 1 N–H and O–H groups in total. The number of carboxylic acids is 1. The number of aromatic nitrogens is 2. The highest BCUT2D eigenvalue weighted by atomic mass is 16.5. The Labute approximate surface area is 93.2 Å². The van der Waals surface area contributed by atoms with Gasteiger partial charge < -0.3 is 14.6 Å². The molecule has 1 unspecified atom stereocenters. The molecule has 0 radical (unpaired) electrons. The smallest absolute Gasteiger partial charge is 0.354 e. The zero-order valence-corrected chi connectivity index (χ0v) is 9.21. The number of hydrogen-bond acceptors (Lipinski definition) is 5. The van der Waals surface area contributed by atoms with Crippen LogP contribution < -0.4 is 4.74 Å². The van der Waals surface area contributed by atoms with Gasteiger partial charge in [0.1, 0.15) is 6.10 Å². The van der Waals surface area contributed by atoms with Gasteiger partial charge in [-0.05, 0) is 19.9 Å². The average molecular weight is 226 g/mol. The Balaban J connectivity index is 2.59. The zero-order valence-electron chi connectivity index (χ0n) is 9.21. The van der Waals surface area contributed by atoms with Crippen LogP contribution in [0.15, 0.2) is 12.3 Å². The molecular weight excluding hydrogens is 212 g/mol. The second-order valence-corrected chi connectivity index (χ2v) is 3.12. The molecule has 0 saturated heterocycles. The lowest BCUT2D eigenvalue weighted by Crippen LogP contribution is -2.20. The van der Waals surface area contributed by atoms with Gasteiger partial charge in [-0.15, -0.1) is 0 Å². The van der Waals surface area contributed by atoms with E-state index in [0.717, 1.165) is 0 Å². The summed E-state index contributed by atoms with van der Waals surface area (Å²) in [5.41, 5.74) is -0.0893. The van der Waals surface area contributed by atoms with Crippen LogP contribution in [0.2, 0.25) is 0 Å². The summed E-state index contributed by atoms with van der Waals surface area (Å²) < 4.78 is 10.4. The molecule has 0 bridgehead atoms. The second kappa shape index (κ2) is 6.02. The molecule has 1 heterocycles. The number of ether oxygens (including phenoxy) is 2. The summed E-state index contributed by atoms with van der Waals surface area (Å²) in [4.78, 5) is 18.2. The van der Waals surface area contributed by atoms with E-state index in [1.54, 1.807) is 6.92 Å². The molecule has 0 aliphatic heterocycles. The van der Waals surface area contributed by atoms with Gasteiger partial charge in [0.25, 0.3) is 0 Å². The van der Waals surface area contributed by atoms with Crippen LogP contribution in [0.5, 0.6) is 6.01 Å². The van der Waals surface area contributed by atoms with E-state index in [-0.39, 0.29) is 17.8 Å². The van der Waals surface area contributed by atoms with E-state index in [4.69, 9.17) is 14.6 Å². The van der Waals surface area contributed by atoms with Crippen molar-refractivity contribution < 1.29 is 19.4 Å². The third kappa shape index (κ3) is 3.82. The molecule has 1 rings (SSSR count). The van der Waals surface area contributed by atoms with Gasteiger partial charge in [0.2, 0.25) is 0 Å². The first kappa shape index (κ1) is 12.4. The van der Waals surface area contributed by atoms with E-state index in [0.29, 0.717) is 13.2 Å². The Kier molecular flexibility index (Phi) is 4.65. The van der Waals surface area contributed by atoms with Gasteiger partial charge in [-0.25, -0.2) is 9.78 Å². The van der Waals surface area contributed by atoms with E-state index in [1.165, 1.54) is 12.3 Å². The second-order valence-electron chi connectivity index (χ2n) is 3.12. The van der Waals surface area contributed by atoms with Crippen molar-refractivity contribution in [1.82, 2.24) is 9.97 Å². The Hall–Kier alpha value is -1.69. The molecule has 0 spiro atoms. The fourth-order valence-corrected chi connectivity index (χ4v) is 1.01. The molecule has 0 aliphatic rings. The lowest BCUT2D eigenvalue weighted by molar-refractivity contribution is 0.0594. The quantitative estimate of drug-likeness (QED) is 0.778. The fourth-order valence-electron chi connectivity index (χ4n) is 1.01. The molecule has 1 aromatic heterocycles. The minimum absolute atomic E-state index is 0.0482. The third-order valence-electron chi connectivity index (χ3n) is 1.72. The molecule has 0 aromatic carbocycles. The number of hydrogen-bond donors (Lipinski definition) is 1. The van der Waals surface area contributed by atoms with Crippen molar-refractivity contribution in [2.24, 2.45) is 0 Å². The third-order valence-corrected chi connectivity index (χ3v) is 1.72. The SMILES string of the molecule is CCOCC(C)Oc1nccc(C(=O)O)n1. The lowest BCUT2D eigenvalue weighted by atomic mass is 10.4. The van der Waals surface area contributed by atoms with Crippen LogP contribution >= 0.6 is 0 Å². The minimum atomic E-state index is -1.11. The van der Waals surface area contributed by atoms with Crippen LogP contribution in [0.25, 0.3) is 0 Å². The van der Waals surface area contributed by atoms with Gasteiger partial charge in [-0.3, -0.25) is 0 Å². The summed E-state index contributed by atoms with van der Waals surface area (Å²) in [5, 5.41) is 8.71. The van der Waals surface area contributed by atoms with Crippen LogP contribution in [0.3, 0.4) is 0 Å². The van der Waals surface area contributed by atoms with Gasteiger partial charge in [0, 0.05) is 12.8 Å². The number of carboxylic acid groups (broad SMARTS) is 1. The Morgan fingerprint density at radius 3 is 3.00 bits per heavy atom. The van der Waals surface area contributed by atoms with Crippen molar-refractivity contribution in [3.63, 3.8) is 0 Å². The molecule has 1 aromatic rings. The van der Waals surface area contributed by atoms with Crippen molar-refractivity contribution >= 4 is 5.97 Å². The van der Waals surface area contributed by atoms with Gasteiger partial charge >= 0.3 is 12.0 Å². The number of nitrogens with zero attached hydrogens (tertiary/aromatic N) is 2. The molecule has 88 valence electrons. The topological polar surface area (TPSA) is 81.5 Å². The largest absolute Gasteiger partial charge is 0.477 e. The van der Waals surface area contributed by atoms with E-state index in [1.807, 2.05) is 6.92 Å². The molecule has 0 amide bonds. The molecule has 1 atom stereocenters. The van der Waals surface area contributed by atoms with Crippen molar-refractivity contribution in [2.45, 2.75) is 20.0 Å². The average Bonchev–Trinajstić information content (AvgIpc) is 2.26. The Morgan fingerprint density at radius 2 is 2.38 bits per heavy atom. The van der Waals surface area contributed by atoms with E-state index in [2.05, 4.69) is 9.97 Å². The highest BCUT2D eigenvalue weighted by molar-refractivity contribution is 5.85. The first-order chi connectivity index (χ1) is 7.63. The predicted octanol–water partition coefficient (Wildman–Crippen LogP) is 0.979. The molecule has 0 fully saturated rings. The summed E-state index contributed by atoms with van der Waals surface area (Å²) in [7, 11) is 0. The van der Waals surface area contributed by atoms with E-state index < -0.39 is 5.97 Å². The van der Waals surface area contributed by atoms with Crippen LogP contribution in [-0.4, -0.2) is 40.4 Å². The summed E-state index contributed by atoms with van der Waals surface area (Å²) in [6.07, 6.45) is 1.13. The fraction of sp³-hybridized carbons (Fsp3) is 0.500. The maximum absolute atomic E-state index is 10.6. The van der Waals surface area contributed by atoms with E-state index in [9.17, 15) is 4.79 Å². The number of carbonyl (C=O) groups is 1. The van der Waals surface area contributed by atoms with Crippen molar-refractivity contribution in [2.75, 3.05) is 13.2 Å². The molecule has 0 aliphatic carbocycles. The highest BCUT2D eigenvalue weighted by Gasteiger charge is 2.10. The van der Waals surface area contributed by atoms with Gasteiger partial charge in [-0.2, -0.15) is 4.98 Å². The Bertz CT molecular complexity index is 356. The van der Waals surface area contributed by atoms with E-state index >= 15 is 0 Å². The normalized spacial score (nSPS) is 12.1. The van der Waals surface area contributed by atoms with Crippen LogP contribution in [0, 0.1) is 0 Å². The van der Waals surface area contributed by atoms with Crippen LogP contribution in [0.4, 0.5) is 0 Å². The highest BCUT2D eigenvalue weighted by Crippen LogP contribution is 2.05.